The maximum atomic E-state index is 12.9. The van der Waals surface area contributed by atoms with Crippen LogP contribution in [0, 0.1) is 0 Å². The van der Waals surface area contributed by atoms with Gasteiger partial charge in [0.05, 0.1) is 0 Å². The fourth-order valence-electron chi connectivity index (χ4n) is 3.08. The van der Waals surface area contributed by atoms with Crippen LogP contribution in [0.1, 0.15) is 30.3 Å². The minimum absolute atomic E-state index is 0.334. The third-order valence-corrected chi connectivity index (χ3v) is 7.72. The second-order valence-electron chi connectivity index (χ2n) is 6.06. The molecule has 0 bridgehead atoms. The number of aromatic nitrogens is 2. The van der Waals surface area contributed by atoms with Gasteiger partial charge in [-0.25, -0.2) is 8.42 Å². The summed E-state index contributed by atoms with van der Waals surface area (Å²) in [7, 11) is -3.55. The van der Waals surface area contributed by atoms with E-state index in [0.29, 0.717) is 35.4 Å². The third kappa shape index (κ3) is 3.07. The molecule has 1 aliphatic heterocycles. The summed E-state index contributed by atoms with van der Waals surface area (Å²) in [6.07, 6.45) is 1.43. The molecule has 2 N–H and O–H groups in total. The number of sulfonamides is 1. The second kappa shape index (κ2) is 6.92. The standard InChI is InChI=1S/C17H18N4O3S2/c18-11-12-5-7-13(8-6-12)16-19-17(24-20-16)14-3-1-9-21(14)26(22,23)15-4-2-10-25-15/h2,4-8,10,14H,1,3,9,11,18H2. The molecule has 0 radical (unpaired) electrons. The molecule has 1 saturated heterocycles. The highest BCUT2D eigenvalue weighted by molar-refractivity contribution is 7.91. The van der Waals surface area contributed by atoms with E-state index in [1.807, 2.05) is 24.3 Å². The molecule has 1 unspecified atom stereocenters. The molecule has 7 nitrogen and oxygen atoms in total. The number of thiophene rings is 1. The van der Waals surface area contributed by atoms with E-state index < -0.39 is 16.1 Å². The molecule has 3 aromatic rings. The van der Waals surface area contributed by atoms with E-state index >= 15 is 0 Å². The molecule has 0 aliphatic carbocycles. The summed E-state index contributed by atoms with van der Waals surface area (Å²) in [5.74, 6) is 0.782. The van der Waals surface area contributed by atoms with Crippen molar-refractivity contribution in [3.05, 3.63) is 53.2 Å². The minimum atomic E-state index is -3.55. The lowest BCUT2D eigenvalue weighted by Gasteiger charge is -2.20. The molecule has 0 spiro atoms. The van der Waals surface area contributed by atoms with E-state index in [4.69, 9.17) is 10.3 Å². The maximum Gasteiger partial charge on any atom is 0.253 e. The Bertz CT molecular complexity index is 981. The van der Waals surface area contributed by atoms with Crippen LogP contribution in [0.5, 0.6) is 0 Å². The van der Waals surface area contributed by atoms with E-state index in [1.54, 1.807) is 17.5 Å². The maximum absolute atomic E-state index is 12.9. The fraction of sp³-hybridized carbons (Fsp3) is 0.294. The molecule has 4 rings (SSSR count). The van der Waals surface area contributed by atoms with Gasteiger partial charge < -0.3 is 10.3 Å². The predicted octanol–water partition coefficient (Wildman–Crippen LogP) is 2.78. The molecule has 9 heteroatoms. The fourth-order valence-corrected chi connectivity index (χ4v) is 5.85. The third-order valence-electron chi connectivity index (χ3n) is 4.44. The van der Waals surface area contributed by atoms with Crippen LogP contribution in [0.4, 0.5) is 0 Å². The minimum Gasteiger partial charge on any atom is -0.337 e. The molecule has 1 fully saturated rings. The van der Waals surface area contributed by atoms with Crippen molar-refractivity contribution >= 4 is 21.4 Å². The van der Waals surface area contributed by atoms with Crippen LogP contribution in [-0.2, 0) is 16.6 Å². The van der Waals surface area contributed by atoms with Crippen molar-refractivity contribution < 1.29 is 12.9 Å². The number of rotatable bonds is 5. The molecule has 26 heavy (non-hydrogen) atoms. The van der Waals surface area contributed by atoms with Crippen molar-refractivity contribution in [2.75, 3.05) is 6.54 Å². The van der Waals surface area contributed by atoms with E-state index in [9.17, 15) is 8.42 Å². The largest absolute Gasteiger partial charge is 0.337 e. The number of nitrogens with zero attached hydrogens (tertiary/aromatic N) is 3. The van der Waals surface area contributed by atoms with Gasteiger partial charge in [0.15, 0.2) is 0 Å². The lowest BCUT2D eigenvalue weighted by Crippen LogP contribution is -2.30. The second-order valence-corrected chi connectivity index (χ2v) is 9.13. The van der Waals surface area contributed by atoms with E-state index in [-0.39, 0.29) is 0 Å². The highest BCUT2D eigenvalue weighted by atomic mass is 32.2. The van der Waals surface area contributed by atoms with Crippen LogP contribution in [-0.4, -0.2) is 29.4 Å². The summed E-state index contributed by atoms with van der Waals surface area (Å²) < 4.78 is 32.9. The van der Waals surface area contributed by atoms with Gasteiger partial charge >= 0.3 is 0 Å². The molecule has 2 aromatic heterocycles. The summed E-state index contributed by atoms with van der Waals surface area (Å²) in [5.41, 5.74) is 7.43. The Morgan fingerprint density at radius 2 is 2.08 bits per heavy atom. The number of hydrogen-bond acceptors (Lipinski definition) is 7. The summed E-state index contributed by atoms with van der Waals surface area (Å²) in [6, 6.07) is 10.5. The molecule has 1 atom stereocenters. The van der Waals surface area contributed by atoms with Gasteiger partial charge in [0.1, 0.15) is 10.3 Å². The zero-order valence-corrected chi connectivity index (χ0v) is 15.5. The van der Waals surface area contributed by atoms with Crippen LogP contribution in [0.3, 0.4) is 0 Å². The number of nitrogens with two attached hydrogens (primary N) is 1. The van der Waals surface area contributed by atoms with Crippen LogP contribution < -0.4 is 5.73 Å². The van der Waals surface area contributed by atoms with E-state index in [1.165, 1.54) is 15.6 Å². The Morgan fingerprint density at radius 3 is 2.77 bits per heavy atom. The molecule has 3 heterocycles. The molecule has 1 aliphatic rings. The van der Waals surface area contributed by atoms with Crippen LogP contribution in [0.15, 0.2) is 50.5 Å². The van der Waals surface area contributed by atoms with Gasteiger partial charge in [-0.15, -0.1) is 11.3 Å². The van der Waals surface area contributed by atoms with Crippen molar-refractivity contribution in [2.45, 2.75) is 29.6 Å². The lowest BCUT2D eigenvalue weighted by molar-refractivity contribution is 0.291. The van der Waals surface area contributed by atoms with Gasteiger partial charge in [-0.05, 0) is 29.9 Å². The first-order valence-electron chi connectivity index (χ1n) is 8.28. The smallest absolute Gasteiger partial charge is 0.253 e. The predicted molar refractivity (Wildman–Crippen MR) is 97.8 cm³/mol. The van der Waals surface area contributed by atoms with E-state index in [0.717, 1.165) is 17.5 Å². The number of hydrogen-bond donors (Lipinski definition) is 1. The first kappa shape index (κ1) is 17.3. The average Bonchev–Trinajstić information content (AvgIpc) is 3.42. The molecule has 0 saturated carbocycles. The summed E-state index contributed by atoms with van der Waals surface area (Å²) in [5, 5.41) is 5.79. The van der Waals surface area contributed by atoms with Crippen LogP contribution in [0.25, 0.3) is 11.4 Å². The van der Waals surface area contributed by atoms with Gasteiger partial charge in [0.2, 0.25) is 11.7 Å². The van der Waals surface area contributed by atoms with Crippen LogP contribution >= 0.6 is 11.3 Å². The molecule has 136 valence electrons. The Hall–Kier alpha value is -2.07. The van der Waals surface area contributed by atoms with Crippen molar-refractivity contribution in [2.24, 2.45) is 5.73 Å². The summed E-state index contributed by atoms with van der Waals surface area (Å²) in [6.45, 7) is 0.920. The molecular formula is C17H18N4O3S2. The monoisotopic (exact) mass is 390 g/mol. The lowest BCUT2D eigenvalue weighted by atomic mass is 10.1. The van der Waals surface area contributed by atoms with Gasteiger partial charge in [0.25, 0.3) is 10.0 Å². The van der Waals surface area contributed by atoms with Crippen LogP contribution in [0.2, 0.25) is 0 Å². The Labute approximate surface area is 155 Å². The Morgan fingerprint density at radius 1 is 1.27 bits per heavy atom. The summed E-state index contributed by atoms with van der Waals surface area (Å²) in [4.78, 5) is 4.45. The normalized spacial score (nSPS) is 18.4. The van der Waals surface area contributed by atoms with Crippen molar-refractivity contribution in [3.63, 3.8) is 0 Å². The molecule has 1 aromatic carbocycles. The topological polar surface area (TPSA) is 102 Å². The summed E-state index contributed by atoms with van der Waals surface area (Å²) >= 11 is 1.21. The van der Waals surface area contributed by atoms with Crippen molar-refractivity contribution in [3.8, 4) is 11.4 Å². The first-order valence-corrected chi connectivity index (χ1v) is 10.6. The first-order chi connectivity index (χ1) is 12.6. The van der Waals surface area contributed by atoms with Gasteiger partial charge in [-0.1, -0.05) is 35.5 Å². The Kier molecular flexibility index (Phi) is 4.62. The van der Waals surface area contributed by atoms with Crippen molar-refractivity contribution in [1.29, 1.82) is 0 Å². The SMILES string of the molecule is NCc1ccc(-c2noc(C3CCCN3S(=O)(=O)c3cccs3)n2)cc1. The quantitative estimate of drug-likeness (QED) is 0.719. The van der Waals surface area contributed by atoms with Gasteiger partial charge in [0, 0.05) is 18.7 Å². The molecule has 0 amide bonds. The van der Waals surface area contributed by atoms with E-state index in [2.05, 4.69) is 10.1 Å². The average molecular weight is 390 g/mol. The highest BCUT2D eigenvalue weighted by Gasteiger charge is 2.39. The highest BCUT2D eigenvalue weighted by Crippen LogP contribution is 2.37. The van der Waals surface area contributed by atoms with Gasteiger partial charge in [-0.2, -0.15) is 9.29 Å². The van der Waals surface area contributed by atoms with Crippen molar-refractivity contribution in [1.82, 2.24) is 14.4 Å². The Balaban J connectivity index is 1.62. The van der Waals surface area contributed by atoms with Gasteiger partial charge in [-0.3, -0.25) is 0 Å². The molecular weight excluding hydrogens is 372 g/mol. The zero-order valence-electron chi connectivity index (χ0n) is 13.9. The zero-order chi connectivity index (χ0) is 18.1. The number of benzene rings is 1.